The molecule has 130 valence electrons. The first-order valence-electron chi connectivity index (χ1n) is 7.79. The van der Waals surface area contributed by atoms with Crippen LogP contribution in [0.2, 0.25) is 0 Å². The van der Waals surface area contributed by atoms with Crippen LogP contribution in [0.5, 0.6) is 0 Å². The molecule has 4 amide bonds. The molecule has 2 rings (SSSR count). The summed E-state index contributed by atoms with van der Waals surface area (Å²) >= 11 is 0. The molecular formula is C17H23N3O4. The van der Waals surface area contributed by atoms with Crippen molar-refractivity contribution in [1.82, 2.24) is 10.2 Å². The Morgan fingerprint density at radius 1 is 1.38 bits per heavy atom. The number of urea groups is 1. The summed E-state index contributed by atoms with van der Waals surface area (Å²) in [7, 11) is 1.45. The third-order valence-electron chi connectivity index (χ3n) is 3.92. The van der Waals surface area contributed by atoms with Crippen molar-refractivity contribution < 1.29 is 19.1 Å². The fraction of sp³-hybridized carbons (Fsp3) is 0.471. The van der Waals surface area contributed by atoms with Gasteiger partial charge < -0.3 is 15.4 Å². The number of hydrogen-bond acceptors (Lipinski definition) is 4. The van der Waals surface area contributed by atoms with Gasteiger partial charge in [-0.3, -0.25) is 14.5 Å². The maximum Gasteiger partial charge on any atom is 0.325 e. The van der Waals surface area contributed by atoms with Gasteiger partial charge in [0.2, 0.25) is 5.91 Å². The predicted molar refractivity (Wildman–Crippen MR) is 89.7 cm³/mol. The normalized spacial score (nSPS) is 20.5. The summed E-state index contributed by atoms with van der Waals surface area (Å²) in [6, 6.07) is 6.89. The highest BCUT2D eigenvalue weighted by molar-refractivity contribution is 6.10. The second-order valence-electron chi connectivity index (χ2n) is 6.41. The van der Waals surface area contributed by atoms with Gasteiger partial charge in [-0.05, 0) is 30.5 Å². The number of carbonyl (C=O) groups is 3. The number of nitrogens with one attached hydrogen (secondary N) is 2. The van der Waals surface area contributed by atoms with Gasteiger partial charge in [-0.15, -0.1) is 0 Å². The summed E-state index contributed by atoms with van der Waals surface area (Å²) in [5.74, 6) is -0.566. The third kappa shape index (κ3) is 3.73. The van der Waals surface area contributed by atoms with Crippen molar-refractivity contribution in [2.75, 3.05) is 25.6 Å². The van der Waals surface area contributed by atoms with Crippen LogP contribution in [0.15, 0.2) is 24.3 Å². The van der Waals surface area contributed by atoms with Crippen LogP contribution in [0.3, 0.4) is 0 Å². The molecule has 1 aromatic carbocycles. The average Bonchev–Trinajstić information content (AvgIpc) is 2.71. The van der Waals surface area contributed by atoms with Crippen LogP contribution in [0.4, 0.5) is 10.5 Å². The maximum atomic E-state index is 12.3. The molecule has 1 aromatic rings. The first-order valence-corrected chi connectivity index (χ1v) is 7.79. The van der Waals surface area contributed by atoms with E-state index < -0.39 is 23.4 Å². The second kappa shape index (κ2) is 7.00. The van der Waals surface area contributed by atoms with Crippen molar-refractivity contribution in [3.63, 3.8) is 0 Å². The topological polar surface area (TPSA) is 87.7 Å². The van der Waals surface area contributed by atoms with E-state index in [0.717, 1.165) is 10.5 Å². The molecule has 0 bridgehead atoms. The minimum atomic E-state index is -1.14. The predicted octanol–water partition coefficient (Wildman–Crippen LogP) is 1.71. The average molecular weight is 333 g/mol. The number of nitrogens with zero attached hydrogens (tertiary/aromatic N) is 1. The number of carbonyl (C=O) groups excluding carboxylic acids is 3. The van der Waals surface area contributed by atoms with Crippen molar-refractivity contribution in [2.24, 2.45) is 0 Å². The van der Waals surface area contributed by atoms with E-state index in [-0.39, 0.29) is 13.2 Å². The maximum absolute atomic E-state index is 12.3. The largest absolute Gasteiger partial charge is 0.382 e. The van der Waals surface area contributed by atoms with Crippen molar-refractivity contribution in [3.8, 4) is 0 Å². The summed E-state index contributed by atoms with van der Waals surface area (Å²) in [6.45, 7) is 5.40. The molecule has 1 aliphatic rings. The van der Waals surface area contributed by atoms with E-state index in [0.29, 0.717) is 11.6 Å². The van der Waals surface area contributed by atoms with Crippen LogP contribution in [-0.2, 0) is 14.3 Å². The molecule has 0 spiro atoms. The Labute approximate surface area is 141 Å². The first-order chi connectivity index (χ1) is 11.3. The second-order valence-corrected chi connectivity index (χ2v) is 6.41. The van der Waals surface area contributed by atoms with E-state index in [4.69, 9.17) is 4.74 Å². The van der Waals surface area contributed by atoms with Crippen molar-refractivity contribution in [3.05, 3.63) is 29.8 Å². The monoisotopic (exact) mass is 333 g/mol. The molecule has 0 saturated carbocycles. The van der Waals surface area contributed by atoms with Gasteiger partial charge >= 0.3 is 6.03 Å². The van der Waals surface area contributed by atoms with E-state index in [1.165, 1.54) is 7.11 Å². The molecule has 7 heteroatoms. The van der Waals surface area contributed by atoms with Crippen LogP contribution in [-0.4, -0.2) is 48.5 Å². The number of methoxy groups -OCH3 is 1. The molecule has 1 fully saturated rings. The van der Waals surface area contributed by atoms with Crippen LogP contribution in [0, 0.1) is 0 Å². The number of rotatable bonds is 6. The molecule has 1 saturated heterocycles. The van der Waals surface area contributed by atoms with Crippen LogP contribution in [0.1, 0.15) is 32.3 Å². The van der Waals surface area contributed by atoms with Gasteiger partial charge in [0, 0.05) is 12.8 Å². The molecule has 2 N–H and O–H groups in total. The van der Waals surface area contributed by atoms with Gasteiger partial charge in [0.1, 0.15) is 12.1 Å². The first kappa shape index (κ1) is 17.9. The highest BCUT2D eigenvalue weighted by atomic mass is 16.5. The summed E-state index contributed by atoms with van der Waals surface area (Å²) in [6.07, 6.45) is 0. The highest BCUT2D eigenvalue weighted by Gasteiger charge is 2.48. The number of anilines is 1. The van der Waals surface area contributed by atoms with Crippen LogP contribution in [0.25, 0.3) is 0 Å². The van der Waals surface area contributed by atoms with Crippen molar-refractivity contribution >= 4 is 23.5 Å². The zero-order valence-corrected chi connectivity index (χ0v) is 14.4. The lowest BCUT2D eigenvalue weighted by Gasteiger charge is -2.20. The van der Waals surface area contributed by atoms with Gasteiger partial charge in [0.05, 0.1) is 6.61 Å². The van der Waals surface area contributed by atoms with Crippen LogP contribution >= 0.6 is 0 Å². The minimum Gasteiger partial charge on any atom is -0.382 e. The fourth-order valence-corrected chi connectivity index (χ4v) is 2.60. The van der Waals surface area contributed by atoms with E-state index in [1.807, 2.05) is 18.2 Å². The number of benzene rings is 1. The summed E-state index contributed by atoms with van der Waals surface area (Å²) in [5, 5.41) is 5.28. The Balaban J connectivity index is 2.03. The molecule has 1 aliphatic heterocycles. The Bertz CT molecular complexity index is 659. The van der Waals surface area contributed by atoms with Crippen molar-refractivity contribution in [1.29, 1.82) is 0 Å². The zero-order chi connectivity index (χ0) is 17.9. The van der Waals surface area contributed by atoms with Gasteiger partial charge in [0.25, 0.3) is 5.91 Å². The van der Waals surface area contributed by atoms with Crippen LogP contribution < -0.4 is 10.6 Å². The summed E-state index contributed by atoms with van der Waals surface area (Å²) in [4.78, 5) is 37.4. The van der Waals surface area contributed by atoms with Crippen molar-refractivity contribution in [2.45, 2.75) is 32.2 Å². The lowest BCUT2D eigenvalue weighted by molar-refractivity contribution is -0.134. The standard InChI is InChI=1S/C17H23N3O4/c1-11(2)12-6-5-7-13(8-12)18-14(21)9-20-15(22)17(3,10-24-4)19-16(20)23/h5-8,11H,9-10H2,1-4H3,(H,18,21)(H,19,23). The fourth-order valence-electron chi connectivity index (χ4n) is 2.60. The van der Waals surface area contributed by atoms with Gasteiger partial charge in [-0.1, -0.05) is 26.0 Å². The molecule has 0 aliphatic carbocycles. The summed E-state index contributed by atoms with van der Waals surface area (Å²) in [5.41, 5.74) is 0.595. The number of hydrogen-bond donors (Lipinski definition) is 2. The Morgan fingerprint density at radius 3 is 2.71 bits per heavy atom. The van der Waals surface area contributed by atoms with E-state index in [9.17, 15) is 14.4 Å². The zero-order valence-electron chi connectivity index (χ0n) is 14.4. The third-order valence-corrected chi connectivity index (χ3v) is 3.92. The van der Waals surface area contributed by atoms with Gasteiger partial charge in [-0.25, -0.2) is 4.79 Å². The SMILES string of the molecule is COCC1(C)NC(=O)N(CC(=O)Nc2cccc(C(C)C)c2)C1=O. The molecular weight excluding hydrogens is 310 g/mol. The Hall–Kier alpha value is -2.41. The molecule has 0 aromatic heterocycles. The number of ether oxygens (including phenoxy) is 1. The quantitative estimate of drug-likeness (QED) is 0.776. The van der Waals surface area contributed by atoms with E-state index >= 15 is 0 Å². The lowest BCUT2D eigenvalue weighted by Crippen LogP contribution is -2.48. The Kier molecular flexibility index (Phi) is 5.23. The van der Waals surface area contributed by atoms with E-state index in [2.05, 4.69) is 24.5 Å². The molecule has 7 nitrogen and oxygen atoms in total. The number of amides is 4. The molecule has 1 atom stereocenters. The number of imide groups is 1. The smallest absolute Gasteiger partial charge is 0.325 e. The minimum absolute atomic E-state index is 0.0477. The highest BCUT2D eigenvalue weighted by Crippen LogP contribution is 2.20. The molecule has 1 unspecified atom stereocenters. The van der Waals surface area contributed by atoms with Gasteiger partial charge in [0.15, 0.2) is 0 Å². The molecule has 24 heavy (non-hydrogen) atoms. The van der Waals surface area contributed by atoms with Gasteiger partial charge in [-0.2, -0.15) is 0 Å². The molecule has 1 heterocycles. The Morgan fingerprint density at radius 2 is 2.08 bits per heavy atom. The molecule has 0 radical (unpaired) electrons. The summed E-state index contributed by atoms with van der Waals surface area (Å²) < 4.78 is 4.97. The lowest BCUT2D eigenvalue weighted by atomic mass is 10.0. The van der Waals surface area contributed by atoms with E-state index in [1.54, 1.807) is 13.0 Å².